The molecule has 0 saturated carbocycles. The van der Waals surface area contributed by atoms with Crippen molar-refractivity contribution in [1.82, 2.24) is 5.32 Å². The zero-order chi connectivity index (χ0) is 26.8. The van der Waals surface area contributed by atoms with E-state index in [4.69, 9.17) is 9.47 Å². The van der Waals surface area contributed by atoms with Crippen LogP contribution in [0.1, 0.15) is 47.3 Å². The summed E-state index contributed by atoms with van der Waals surface area (Å²) in [6, 6.07) is 16.2. The van der Waals surface area contributed by atoms with Crippen LogP contribution in [0.3, 0.4) is 0 Å². The van der Waals surface area contributed by atoms with Gasteiger partial charge < -0.3 is 14.2 Å². The van der Waals surface area contributed by atoms with Gasteiger partial charge in [-0.1, -0.05) is 25.5 Å². The number of nitrogens with one attached hydrogen (secondary N) is 1. The molecule has 1 fully saturated rings. The third-order valence-corrected chi connectivity index (χ3v) is 5.75. The van der Waals surface area contributed by atoms with Crippen molar-refractivity contribution in [3.05, 3.63) is 89.0 Å². The van der Waals surface area contributed by atoms with Crippen molar-refractivity contribution in [3.8, 4) is 17.2 Å². The monoisotopic (exact) mass is 513 g/mol. The highest BCUT2D eigenvalue weighted by molar-refractivity contribution is 6.09. The molecule has 1 aliphatic heterocycles. The Morgan fingerprint density at radius 1 is 0.973 bits per heavy atom. The number of hydrogen-bond donors (Lipinski definition) is 1. The van der Waals surface area contributed by atoms with Crippen LogP contribution in [0.2, 0.25) is 0 Å². The summed E-state index contributed by atoms with van der Waals surface area (Å²) >= 11 is 0. The standard InChI is InChI=1S/C27H22F3NO6/c1-3-5-17-14-18(23(32)16-8-11-20(12-9-16)36-27(28,29)30)10-13-22(17)35-21-7-4-6-19(15-21)26(2)24(33)31-25(34)37-26/h4,6-15H,3,5H2,1-2H3,(H,31,33,34)/t26-/m1/s1. The van der Waals surface area contributed by atoms with E-state index in [0.717, 1.165) is 24.1 Å². The minimum absolute atomic E-state index is 0.205. The number of halogens is 3. The van der Waals surface area contributed by atoms with Gasteiger partial charge in [0.25, 0.3) is 5.91 Å². The highest BCUT2D eigenvalue weighted by Gasteiger charge is 2.46. The first kappa shape index (κ1) is 25.7. The van der Waals surface area contributed by atoms with Gasteiger partial charge in [0, 0.05) is 16.7 Å². The van der Waals surface area contributed by atoms with E-state index in [1.165, 1.54) is 19.1 Å². The number of aryl methyl sites for hydroxylation is 1. The molecule has 0 radical (unpaired) electrons. The molecule has 1 N–H and O–H groups in total. The summed E-state index contributed by atoms with van der Waals surface area (Å²) in [6.07, 6.45) is -4.30. The maximum absolute atomic E-state index is 13.0. The van der Waals surface area contributed by atoms with E-state index >= 15 is 0 Å². The molecule has 10 heteroatoms. The minimum Gasteiger partial charge on any atom is -0.457 e. The molecule has 0 aliphatic carbocycles. The first-order valence-electron chi connectivity index (χ1n) is 11.3. The summed E-state index contributed by atoms with van der Waals surface area (Å²) in [4.78, 5) is 36.7. The number of imide groups is 1. The quantitative estimate of drug-likeness (QED) is 0.369. The number of hydrogen-bond acceptors (Lipinski definition) is 6. The van der Waals surface area contributed by atoms with Crippen LogP contribution in [0.5, 0.6) is 17.2 Å². The zero-order valence-corrected chi connectivity index (χ0v) is 19.8. The molecule has 192 valence electrons. The van der Waals surface area contributed by atoms with Crippen molar-refractivity contribution >= 4 is 17.8 Å². The topological polar surface area (TPSA) is 90.9 Å². The molecule has 3 aromatic carbocycles. The molecular formula is C27H22F3NO6. The van der Waals surface area contributed by atoms with Gasteiger partial charge in [0.2, 0.25) is 5.60 Å². The maximum Gasteiger partial charge on any atom is 0.573 e. The fourth-order valence-corrected chi connectivity index (χ4v) is 3.90. The lowest BCUT2D eigenvalue weighted by Crippen LogP contribution is -2.33. The van der Waals surface area contributed by atoms with E-state index in [-0.39, 0.29) is 11.3 Å². The van der Waals surface area contributed by atoms with E-state index in [2.05, 4.69) is 10.1 Å². The largest absolute Gasteiger partial charge is 0.573 e. The number of carbonyl (C=O) groups excluding carboxylic acids is 3. The normalized spacial score (nSPS) is 17.2. The number of benzene rings is 3. The molecule has 1 atom stereocenters. The Morgan fingerprint density at radius 3 is 2.30 bits per heavy atom. The maximum atomic E-state index is 13.0. The highest BCUT2D eigenvalue weighted by Crippen LogP contribution is 2.34. The third kappa shape index (κ3) is 5.74. The van der Waals surface area contributed by atoms with Crippen LogP contribution in [0.25, 0.3) is 0 Å². The fourth-order valence-electron chi connectivity index (χ4n) is 3.90. The number of carbonyl (C=O) groups is 3. The van der Waals surface area contributed by atoms with Crippen LogP contribution in [-0.4, -0.2) is 24.1 Å². The number of alkyl carbamates (subject to hydrolysis) is 1. The Morgan fingerprint density at radius 2 is 1.68 bits per heavy atom. The van der Waals surface area contributed by atoms with Crippen LogP contribution in [-0.2, 0) is 21.6 Å². The number of ketones is 1. The lowest BCUT2D eigenvalue weighted by atomic mass is 9.95. The Labute approximate surface area is 210 Å². The first-order valence-corrected chi connectivity index (χ1v) is 11.3. The second-order valence-corrected chi connectivity index (χ2v) is 8.48. The Hall–Kier alpha value is -4.34. The van der Waals surface area contributed by atoms with E-state index in [0.29, 0.717) is 29.0 Å². The summed E-state index contributed by atoms with van der Waals surface area (Å²) < 4.78 is 52.3. The van der Waals surface area contributed by atoms with Crippen LogP contribution in [0, 0.1) is 0 Å². The van der Waals surface area contributed by atoms with E-state index in [1.807, 2.05) is 6.92 Å². The number of alkyl halides is 3. The molecular weight excluding hydrogens is 491 g/mol. The number of cyclic esters (lactones) is 1. The van der Waals surface area contributed by atoms with Gasteiger partial charge in [-0.05, 0) is 73.5 Å². The smallest absolute Gasteiger partial charge is 0.457 e. The summed E-state index contributed by atoms with van der Waals surface area (Å²) in [7, 11) is 0. The summed E-state index contributed by atoms with van der Waals surface area (Å²) in [5, 5.41) is 2.11. The van der Waals surface area contributed by atoms with Crippen LogP contribution in [0.15, 0.2) is 66.7 Å². The molecule has 2 amide bonds. The molecule has 4 rings (SSSR count). The van der Waals surface area contributed by atoms with E-state index < -0.39 is 29.7 Å². The lowest BCUT2D eigenvalue weighted by molar-refractivity contribution is -0.274. The van der Waals surface area contributed by atoms with E-state index in [1.54, 1.807) is 42.5 Å². The SMILES string of the molecule is CCCc1cc(C(=O)c2ccc(OC(F)(F)F)cc2)ccc1Oc1cccc([C@@]2(C)OC(=O)NC2=O)c1. The zero-order valence-electron chi connectivity index (χ0n) is 19.8. The van der Waals surface area contributed by atoms with Gasteiger partial charge in [0.05, 0.1) is 0 Å². The molecule has 0 spiro atoms. The molecule has 7 nitrogen and oxygen atoms in total. The average molecular weight is 513 g/mol. The van der Waals surface area contributed by atoms with Gasteiger partial charge in [-0.15, -0.1) is 13.2 Å². The fraction of sp³-hybridized carbons (Fsp3) is 0.222. The molecule has 37 heavy (non-hydrogen) atoms. The average Bonchev–Trinajstić information content (AvgIpc) is 3.11. The molecule has 1 saturated heterocycles. The van der Waals surface area contributed by atoms with Crippen molar-refractivity contribution in [3.63, 3.8) is 0 Å². The molecule has 0 unspecified atom stereocenters. The molecule has 3 aromatic rings. The second-order valence-electron chi connectivity index (χ2n) is 8.48. The minimum atomic E-state index is -4.82. The van der Waals surface area contributed by atoms with Crippen molar-refractivity contribution in [2.75, 3.05) is 0 Å². The van der Waals surface area contributed by atoms with Gasteiger partial charge in [0.1, 0.15) is 17.2 Å². The van der Waals surface area contributed by atoms with Gasteiger partial charge >= 0.3 is 12.5 Å². The second kappa shape index (κ2) is 9.96. The predicted molar refractivity (Wildman–Crippen MR) is 125 cm³/mol. The Bertz CT molecular complexity index is 1350. The predicted octanol–water partition coefficient (Wildman–Crippen LogP) is 6.04. The van der Waals surface area contributed by atoms with Gasteiger partial charge in [-0.3, -0.25) is 14.9 Å². The van der Waals surface area contributed by atoms with Crippen molar-refractivity contribution in [2.24, 2.45) is 0 Å². The van der Waals surface area contributed by atoms with Gasteiger partial charge in [-0.2, -0.15) is 0 Å². The molecule has 0 aromatic heterocycles. The molecule has 0 bridgehead atoms. The number of ether oxygens (including phenoxy) is 3. The Balaban J connectivity index is 1.57. The number of rotatable bonds is 8. The van der Waals surface area contributed by atoms with Crippen LogP contribution >= 0.6 is 0 Å². The summed E-state index contributed by atoms with van der Waals surface area (Å²) in [5.41, 5.74) is 0.230. The molecule has 1 heterocycles. The number of amides is 2. The van der Waals surface area contributed by atoms with Crippen LogP contribution in [0.4, 0.5) is 18.0 Å². The third-order valence-electron chi connectivity index (χ3n) is 5.75. The van der Waals surface area contributed by atoms with Gasteiger partial charge in [0.15, 0.2) is 5.78 Å². The molecule has 1 aliphatic rings. The highest BCUT2D eigenvalue weighted by atomic mass is 19.4. The van der Waals surface area contributed by atoms with E-state index in [9.17, 15) is 27.6 Å². The van der Waals surface area contributed by atoms with Gasteiger partial charge in [-0.25, -0.2) is 4.79 Å². The summed E-state index contributed by atoms with van der Waals surface area (Å²) in [5.74, 6) is -0.484. The summed E-state index contributed by atoms with van der Waals surface area (Å²) in [6.45, 7) is 3.45. The lowest BCUT2D eigenvalue weighted by Gasteiger charge is -2.20. The Kier molecular flexibility index (Phi) is 6.93. The first-order chi connectivity index (χ1) is 17.5. The van der Waals surface area contributed by atoms with Crippen molar-refractivity contribution in [1.29, 1.82) is 0 Å². The van der Waals surface area contributed by atoms with Crippen molar-refractivity contribution in [2.45, 2.75) is 38.7 Å². The van der Waals surface area contributed by atoms with Crippen molar-refractivity contribution < 1.29 is 41.8 Å². The van der Waals surface area contributed by atoms with Crippen LogP contribution < -0.4 is 14.8 Å².